The van der Waals surface area contributed by atoms with Crippen molar-refractivity contribution in [2.24, 2.45) is 5.41 Å². The van der Waals surface area contributed by atoms with Crippen LogP contribution in [0.1, 0.15) is 48.5 Å². The van der Waals surface area contributed by atoms with Crippen molar-refractivity contribution in [2.75, 3.05) is 13.1 Å². The normalized spacial score (nSPS) is 23.9. The molecule has 1 unspecified atom stereocenters. The monoisotopic (exact) mass is 240 g/mol. The van der Waals surface area contributed by atoms with E-state index in [1.807, 2.05) is 4.90 Å². The Bertz CT molecular complexity index is 278. The van der Waals surface area contributed by atoms with Gasteiger partial charge < -0.3 is 4.90 Å². The van der Waals surface area contributed by atoms with Crippen LogP contribution in [0.2, 0.25) is 0 Å². The smallest absolute Gasteiger partial charge is 0.237 e. The highest BCUT2D eigenvalue weighted by atomic mass is 16.2. The Morgan fingerprint density at radius 1 is 1.12 bits per heavy atom. The molecular weight excluding hydrogens is 212 g/mol. The van der Waals surface area contributed by atoms with Crippen molar-refractivity contribution >= 4 is 5.91 Å². The molecule has 0 radical (unpaired) electrons. The third kappa shape index (κ3) is 3.21. The number of rotatable bonds is 2. The number of hydrogen-bond donors (Lipinski definition) is 0. The van der Waals surface area contributed by atoms with Gasteiger partial charge in [-0.2, -0.15) is 0 Å². The minimum absolute atomic E-state index is 0.206. The predicted molar refractivity (Wildman–Crippen MR) is 71.9 cm³/mol. The summed E-state index contributed by atoms with van der Waals surface area (Å²) < 4.78 is 0. The fourth-order valence-electron chi connectivity index (χ4n) is 2.56. The van der Waals surface area contributed by atoms with Crippen molar-refractivity contribution in [1.29, 1.82) is 0 Å². The summed E-state index contributed by atoms with van der Waals surface area (Å²) in [6.45, 7) is 16.8. The number of hydrogen-bond acceptors (Lipinski definition) is 2. The van der Waals surface area contributed by atoms with Crippen LogP contribution in [0.25, 0.3) is 0 Å². The molecule has 0 saturated carbocycles. The van der Waals surface area contributed by atoms with Gasteiger partial charge in [0.2, 0.25) is 5.91 Å². The van der Waals surface area contributed by atoms with E-state index in [0.29, 0.717) is 24.7 Å². The molecule has 0 spiro atoms. The first-order chi connectivity index (χ1) is 7.64. The van der Waals surface area contributed by atoms with E-state index in [1.165, 1.54) is 0 Å². The maximum atomic E-state index is 12.1. The predicted octanol–water partition coefficient (Wildman–Crippen LogP) is 2.36. The highest BCUT2D eigenvalue weighted by Crippen LogP contribution is 2.30. The zero-order chi connectivity index (χ0) is 13.4. The lowest BCUT2D eigenvalue weighted by molar-refractivity contribution is -0.144. The molecule has 0 N–H and O–H groups in total. The molecule has 3 nitrogen and oxygen atoms in total. The third-order valence-electron chi connectivity index (χ3n) is 3.69. The van der Waals surface area contributed by atoms with Crippen LogP contribution in [-0.4, -0.2) is 46.9 Å². The molecule has 3 heteroatoms. The zero-order valence-electron chi connectivity index (χ0n) is 12.4. The van der Waals surface area contributed by atoms with Crippen LogP contribution in [0.5, 0.6) is 0 Å². The number of nitrogens with zero attached hydrogens (tertiary/aromatic N) is 2. The van der Waals surface area contributed by atoms with E-state index in [-0.39, 0.29) is 11.3 Å². The first-order valence-electron chi connectivity index (χ1n) is 6.69. The Hall–Kier alpha value is -0.570. The fourth-order valence-corrected chi connectivity index (χ4v) is 2.56. The Labute approximate surface area is 106 Å². The number of carbonyl (C=O) groups is 1. The second-order valence-corrected chi connectivity index (χ2v) is 6.79. The third-order valence-corrected chi connectivity index (χ3v) is 3.69. The van der Waals surface area contributed by atoms with E-state index in [1.54, 1.807) is 0 Å². The van der Waals surface area contributed by atoms with E-state index in [9.17, 15) is 4.79 Å². The molecule has 0 aromatic heterocycles. The quantitative estimate of drug-likeness (QED) is 0.740. The summed E-state index contributed by atoms with van der Waals surface area (Å²) in [6, 6.07) is 1.18. The molecule has 1 amide bonds. The van der Waals surface area contributed by atoms with Gasteiger partial charge in [0.15, 0.2) is 0 Å². The molecular formula is C14H28N2O. The molecule has 1 atom stereocenters. The van der Waals surface area contributed by atoms with Gasteiger partial charge >= 0.3 is 0 Å². The van der Waals surface area contributed by atoms with Gasteiger partial charge in [-0.15, -0.1) is 0 Å². The average molecular weight is 240 g/mol. The fraction of sp³-hybridized carbons (Fsp3) is 0.929. The first kappa shape index (κ1) is 14.5. The molecule has 1 aliphatic rings. The SMILES string of the molecule is CC(C)N1CC(C(C)(C)C)N(C(C)C)CC1=O. The average Bonchev–Trinajstić information content (AvgIpc) is 2.14. The van der Waals surface area contributed by atoms with Crippen LogP contribution in [-0.2, 0) is 4.79 Å². The van der Waals surface area contributed by atoms with Crippen LogP contribution in [0.15, 0.2) is 0 Å². The van der Waals surface area contributed by atoms with Gasteiger partial charge in [-0.05, 0) is 33.1 Å². The Kier molecular flexibility index (Phi) is 4.23. The maximum Gasteiger partial charge on any atom is 0.237 e. The van der Waals surface area contributed by atoms with Gasteiger partial charge in [0.1, 0.15) is 0 Å². The van der Waals surface area contributed by atoms with E-state index in [4.69, 9.17) is 0 Å². The summed E-state index contributed by atoms with van der Waals surface area (Å²) in [5.74, 6) is 0.272. The molecule has 1 heterocycles. The minimum atomic E-state index is 0.206. The number of amides is 1. The molecule has 17 heavy (non-hydrogen) atoms. The lowest BCUT2D eigenvalue weighted by atomic mass is 9.83. The topological polar surface area (TPSA) is 23.6 Å². The molecule has 0 aromatic rings. The number of carbonyl (C=O) groups excluding carboxylic acids is 1. The summed E-state index contributed by atoms with van der Waals surface area (Å²) in [5, 5.41) is 0. The van der Waals surface area contributed by atoms with Gasteiger partial charge in [0.05, 0.1) is 6.54 Å². The lowest BCUT2D eigenvalue weighted by Crippen LogP contribution is -2.63. The highest BCUT2D eigenvalue weighted by molar-refractivity contribution is 5.79. The maximum absolute atomic E-state index is 12.1. The van der Waals surface area contributed by atoms with Crippen molar-refractivity contribution in [1.82, 2.24) is 9.80 Å². The summed E-state index contributed by atoms with van der Waals surface area (Å²) >= 11 is 0. The standard InChI is InChI=1S/C14H28N2O/c1-10(2)15-9-13(17)16(11(3)4)8-12(15)14(5,6)7/h10-12H,8-9H2,1-7H3. The molecule has 100 valence electrons. The summed E-state index contributed by atoms with van der Waals surface area (Å²) in [6.07, 6.45) is 0. The lowest BCUT2D eigenvalue weighted by Gasteiger charge is -2.49. The second kappa shape index (κ2) is 4.97. The molecule has 1 aliphatic heterocycles. The van der Waals surface area contributed by atoms with Crippen LogP contribution in [0.3, 0.4) is 0 Å². The molecule has 1 rings (SSSR count). The summed E-state index contributed by atoms with van der Waals surface area (Å²) in [4.78, 5) is 16.5. The van der Waals surface area contributed by atoms with Crippen LogP contribution < -0.4 is 0 Å². The van der Waals surface area contributed by atoms with Gasteiger partial charge in [-0.3, -0.25) is 9.69 Å². The van der Waals surface area contributed by atoms with Crippen LogP contribution in [0, 0.1) is 5.41 Å². The molecule has 0 bridgehead atoms. The molecule has 0 aromatic carbocycles. The summed E-state index contributed by atoms with van der Waals surface area (Å²) in [7, 11) is 0. The minimum Gasteiger partial charge on any atom is -0.338 e. The Morgan fingerprint density at radius 3 is 2.00 bits per heavy atom. The highest BCUT2D eigenvalue weighted by Gasteiger charge is 2.40. The number of piperazine rings is 1. The molecule has 1 saturated heterocycles. The van der Waals surface area contributed by atoms with Gasteiger partial charge in [-0.1, -0.05) is 20.8 Å². The van der Waals surface area contributed by atoms with Gasteiger partial charge in [-0.25, -0.2) is 0 Å². The summed E-state index contributed by atoms with van der Waals surface area (Å²) in [5.41, 5.74) is 0.206. The van der Waals surface area contributed by atoms with Gasteiger partial charge in [0.25, 0.3) is 0 Å². The molecule has 1 fully saturated rings. The largest absolute Gasteiger partial charge is 0.338 e. The van der Waals surface area contributed by atoms with Crippen LogP contribution in [0.4, 0.5) is 0 Å². The van der Waals surface area contributed by atoms with Crippen molar-refractivity contribution < 1.29 is 4.79 Å². The van der Waals surface area contributed by atoms with E-state index >= 15 is 0 Å². The van der Waals surface area contributed by atoms with Crippen LogP contribution >= 0.6 is 0 Å². The van der Waals surface area contributed by atoms with Crippen molar-refractivity contribution in [2.45, 2.75) is 66.6 Å². The van der Waals surface area contributed by atoms with Crippen molar-refractivity contribution in [3.8, 4) is 0 Å². The van der Waals surface area contributed by atoms with E-state index in [0.717, 1.165) is 6.54 Å². The first-order valence-corrected chi connectivity index (χ1v) is 6.69. The van der Waals surface area contributed by atoms with Gasteiger partial charge in [0, 0.05) is 24.7 Å². The Morgan fingerprint density at radius 2 is 1.65 bits per heavy atom. The van der Waals surface area contributed by atoms with Crippen molar-refractivity contribution in [3.63, 3.8) is 0 Å². The van der Waals surface area contributed by atoms with E-state index < -0.39 is 0 Å². The zero-order valence-corrected chi connectivity index (χ0v) is 12.4. The van der Waals surface area contributed by atoms with E-state index in [2.05, 4.69) is 53.4 Å². The Balaban J connectivity index is 2.93. The second-order valence-electron chi connectivity index (χ2n) is 6.79. The van der Waals surface area contributed by atoms with Crippen molar-refractivity contribution in [3.05, 3.63) is 0 Å². The molecule has 0 aliphatic carbocycles.